The molecule has 0 saturated heterocycles. The Hall–Kier alpha value is -1.02. The zero-order chi connectivity index (χ0) is 12.8. The molecule has 2 nitrogen and oxygen atoms in total. The average Bonchev–Trinajstić information content (AvgIpc) is 2.35. The number of ether oxygens (including phenoxy) is 1. The molecule has 1 unspecified atom stereocenters. The molecule has 0 bridgehead atoms. The van der Waals surface area contributed by atoms with Crippen molar-refractivity contribution in [1.29, 1.82) is 0 Å². The van der Waals surface area contributed by atoms with Gasteiger partial charge in [0, 0.05) is 6.04 Å². The van der Waals surface area contributed by atoms with E-state index in [0.717, 1.165) is 24.7 Å². The fourth-order valence-corrected chi connectivity index (χ4v) is 2.53. The summed E-state index contributed by atoms with van der Waals surface area (Å²) >= 11 is 0. The van der Waals surface area contributed by atoms with Gasteiger partial charge in [-0.05, 0) is 43.5 Å². The molecular formula is C16H25NO. The Morgan fingerprint density at radius 2 is 2.00 bits per heavy atom. The fourth-order valence-electron chi connectivity index (χ4n) is 2.53. The lowest BCUT2D eigenvalue weighted by Crippen LogP contribution is -2.15. The summed E-state index contributed by atoms with van der Waals surface area (Å²) in [5.74, 6) is 1.93. The maximum atomic E-state index is 5.79. The van der Waals surface area contributed by atoms with Crippen LogP contribution in [0, 0.1) is 5.92 Å². The minimum absolute atomic E-state index is 0.453. The van der Waals surface area contributed by atoms with Crippen LogP contribution in [0.2, 0.25) is 0 Å². The highest BCUT2D eigenvalue weighted by molar-refractivity contribution is 5.29. The van der Waals surface area contributed by atoms with Gasteiger partial charge in [-0.3, -0.25) is 0 Å². The van der Waals surface area contributed by atoms with Crippen molar-refractivity contribution in [2.75, 3.05) is 13.7 Å². The Morgan fingerprint density at radius 1 is 1.28 bits per heavy atom. The molecule has 0 amide bonds. The first-order valence-corrected chi connectivity index (χ1v) is 7.23. The van der Waals surface area contributed by atoms with Crippen LogP contribution in [-0.2, 0) is 0 Å². The third-order valence-electron chi connectivity index (χ3n) is 4.06. The van der Waals surface area contributed by atoms with Crippen LogP contribution in [0.15, 0.2) is 24.3 Å². The Kier molecular flexibility index (Phi) is 5.06. The van der Waals surface area contributed by atoms with Crippen molar-refractivity contribution >= 4 is 0 Å². The molecule has 1 atom stereocenters. The summed E-state index contributed by atoms with van der Waals surface area (Å²) in [5, 5.41) is 3.32. The molecule has 18 heavy (non-hydrogen) atoms. The Balaban J connectivity index is 1.79. The van der Waals surface area contributed by atoms with E-state index in [1.54, 1.807) is 0 Å². The monoisotopic (exact) mass is 247 g/mol. The van der Waals surface area contributed by atoms with Gasteiger partial charge < -0.3 is 10.1 Å². The Labute approximate surface area is 111 Å². The molecule has 1 aliphatic rings. The Morgan fingerprint density at radius 3 is 2.50 bits per heavy atom. The van der Waals surface area contributed by atoms with E-state index in [4.69, 9.17) is 4.74 Å². The standard InChI is InChI=1S/C16H25NO/c1-3-16(17-2)14-7-9-15(10-8-14)18-12-11-13-5-4-6-13/h7-10,13,16-17H,3-6,11-12H2,1-2H3. The van der Waals surface area contributed by atoms with Crippen LogP contribution in [0.4, 0.5) is 0 Å². The second kappa shape index (κ2) is 6.79. The van der Waals surface area contributed by atoms with E-state index in [0.29, 0.717) is 6.04 Å². The smallest absolute Gasteiger partial charge is 0.119 e. The molecule has 0 aromatic heterocycles. The zero-order valence-electron chi connectivity index (χ0n) is 11.6. The molecule has 0 aliphatic heterocycles. The second-order valence-corrected chi connectivity index (χ2v) is 5.25. The molecule has 1 N–H and O–H groups in total. The maximum Gasteiger partial charge on any atom is 0.119 e. The van der Waals surface area contributed by atoms with Crippen molar-refractivity contribution in [3.63, 3.8) is 0 Å². The van der Waals surface area contributed by atoms with Crippen LogP contribution in [0.25, 0.3) is 0 Å². The largest absolute Gasteiger partial charge is 0.494 e. The lowest BCUT2D eigenvalue weighted by Gasteiger charge is -2.25. The van der Waals surface area contributed by atoms with E-state index in [-0.39, 0.29) is 0 Å². The quantitative estimate of drug-likeness (QED) is 0.788. The van der Waals surface area contributed by atoms with E-state index >= 15 is 0 Å². The lowest BCUT2D eigenvalue weighted by molar-refractivity contribution is 0.222. The van der Waals surface area contributed by atoms with E-state index < -0.39 is 0 Å². The maximum absolute atomic E-state index is 5.79. The van der Waals surface area contributed by atoms with Gasteiger partial charge in [-0.15, -0.1) is 0 Å². The third kappa shape index (κ3) is 3.49. The summed E-state index contributed by atoms with van der Waals surface area (Å²) in [6, 6.07) is 8.98. The van der Waals surface area contributed by atoms with Crippen LogP contribution in [0.3, 0.4) is 0 Å². The summed E-state index contributed by atoms with van der Waals surface area (Å²) in [7, 11) is 2.01. The first kappa shape index (κ1) is 13.4. The predicted molar refractivity (Wildman–Crippen MR) is 76.0 cm³/mol. The fraction of sp³-hybridized carbons (Fsp3) is 0.625. The van der Waals surface area contributed by atoms with Crippen molar-refractivity contribution in [2.24, 2.45) is 5.92 Å². The van der Waals surface area contributed by atoms with E-state index in [1.165, 1.54) is 31.2 Å². The summed E-state index contributed by atoms with van der Waals surface area (Å²) < 4.78 is 5.79. The molecule has 0 radical (unpaired) electrons. The van der Waals surface area contributed by atoms with E-state index in [1.807, 2.05) is 7.05 Å². The molecule has 1 fully saturated rings. The van der Waals surface area contributed by atoms with Gasteiger partial charge in [0.15, 0.2) is 0 Å². The van der Waals surface area contributed by atoms with Gasteiger partial charge in [-0.2, -0.15) is 0 Å². The van der Waals surface area contributed by atoms with E-state index in [2.05, 4.69) is 36.5 Å². The van der Waals surface area contributed by atoms with Crippen LogP contribution in [0.1, 0.15) is 50.6 Å². The van der Waals surface area contributed by atoms with Crippen molar-refractivity contribution in [2.45, 2.75) is 45.1 Å². The molecule has 100 valence electrons. The molecule has 1 aromatic carbocycles. The topological polar surface area (TPSA) is 21.3 Å². The number of hydrogen-bond acceptors (Lipinski definition) is 2. The lowest BCUT2D eigenvalue weighted by atomic mass is 9.83. The van der Waals surface area contributed by atoms with Crippen LogP contribution >= 0.6 is 0 Å². The number of hydrogen-bond donors (Lipinski definition) is 1. The summed E-state index contributed by atoms with van der Waals surface area (Å²) in [6.07, 6.45) is 6.56. The van der Waals surface area contributed by atoms with Crippen molar-refractivity contribution in [1.82, 2.24) is 5.32 Å². The molecule has 2 rings (SSSR count). The molecular weight excluding hydrogens is 222 g/mol. The first-order chi connectivity index (χ1) is 8.83. The van der Waals surface area contributed by atoms with E-state index in [9.17, 15) is 0 Å². The van der Waals surface area contributed by atoms with Crippen molar-refractivity contribution in [3.8, 4) is 5.75 Å². The molecule has 1 saturated carbocycles. The average molecular weight is 247 g/mol. The predicted octanol–water partition coefficient (Wildman–Crippen LogP) is 3.93. The van der Waals surface area contributed by atoms with Gasteiger partial charge >= 0.3 is 0 Å². The molecule has 0 heterocycles. The molecule has 0 spiro atoms. The van der Waals surface area contributed by atoms with Gasteiger partial charge in [0.1, 0.15) is 5.75 Å². The number of rotatable bonds is 7. The summed E-state index contributed by atoms with van der Waals surface area (Å²) in [4.78, 5) is 0. The first-order valence-electron chi connectivity index (χ1n) is 7.23. The van der Waals surface area contributed by atoms with Crippen molar-refractivity contribution < 1.29 is 4.74 Å². The SMILES string of the molecule is CCC(NC)c1ccc(OCCC2CCC2)cc1. The van der Waals surface area contributed by atoms with Crippen LogP contribution in [0.5, 0.6) is 5.75 Å². The number of nitrogens with one attached hydrogen (secondary N) is 1. The van der Waals surface area contributed by atoms with Crippen LogP contribution < -0.4 is 10.1 Å². The highest BCUT2D eigenvalue weighted by Crippen LogP contribution is 2.29. The van der Waals surface area contributed by atoms with Gasteiger partial charge in [-0.1, -0.05) is 38.3 Å². The minimum Gasteiger partial charge on any atom is -0.494 e. The van der Waals surface area contributed by atoms with Gasteiger partial charge in [-0.25, -0.2) is 0 Å². The Bertz CT molecular complexity index is 339. The normalized spacial score (nSPS) is 17.2. The van der Waals surface area contributed by atoms with Gasteiger partial charge in [0.05, 0.1) is 6.61 Å². The highest BCUT2D eigenvalue weighted by atomic mass is 16.5. The third-order valence-corrected chi connectivity index (χ3v) is 4.06. The summed E-state index contributed by atoms with van der Waals surface area (Å²) in [5.41, 5.74) is 1.34. The zero-order valence-corrected chi connectivity index (χ0v) is 11.6. The highest BCUT2D eigenvalue weighted by Gasteiger charge is 2.16. The molecule has 2 heteroatoms. The summed E-state index contributed by atoms with van der Waals surface area (Å²) in [6.45, 7) is 3.07. The molecule has 1 aliphatic carbocycles. The van der Waals surface area contributed by atoms with Gasteiger partial charge in [0.2, 0.25) is 0 Å². The minimum atomic E-state index is 0.453. The number of benzene rings is 1. The van der Waals surface area contributed by atoms with Crippen molar-refractivity contribution in [3.05, 3.63) is 29.8 Å². The van der Waals surface area contributed by atoms with Crippen LogP contribution in [-0.4, -0.2) is 13.7 Å². The second-order valence-electron chi connectivity index (χ2n) is 5.25. The molecule has 1 aromatic rings. The van der Waals surface area contributed by atoms with Gasteiger partial charge in [0.25, 0.3) is 0 Å².